The Kier molecular flexibility index (Phi) is 6.22. The number of ether oxygens (including phenoxy) is 2. The molecule has 0 aliphatic carbocycles. The second-order valence-electron chi connectivity index (χ2n) is 9.13. The lowest BCUT2D eigenvalue weighted by Gasteiger charge is -2.42. The minimum Gasteiger partial charge on any atom is -0.488 e. The van der Waals surface area contributed by atoms with Gasteiger partial charge in [0.25, 0.3) is 0 Å². The van der Waals surface area contributed by atoms with Crippen molar-refractivity contribution in [3.05, 3.63) is 52.8 Å². The number of fused-ring (bicyclic) bond motifs is 1. The summed E-state index contributed by atoms with van der Waals surface area (Å²) in [6, 6.07) is 7.83. The van der Waals surface area contributed by atoms with E-state index >= 15 is 0 Å². The molecule has 0 bridgehead atoms. The molecule has 3 rings (SSSR count). The van der Waals surface area contributed by atoms with Crippen molar-refractivity contribution in [2.75, 3.05) is 0 Å². The first-order valence-electron chi connectivity index (χ1n) is 10.7. The first-order valence-corrected chi connectivity index (χ1v) is 10.7. The lowest BCUT2D eigenvalue weighted by Crippen LogP contribution is -2.41. The van der Waals surface area contributed by atoms with Gasteiger partial charge in [-0.05, 0) is 74.3 Å². The molecule has 1 aliphatic heterocycles. The Hall–Kier alpha value is -2.80. The fourth-order valence-electron chi connectivity index (χ4n) is 4.17. The molecule has 0 N–H and O–H groups in total. The van der Waals surface area contributed by atoms with Gasteiger partial charge in [0.2, 0.25) is 0 Å². The highest BCUT2D eigenvalue weighted by molar-refractivity contribution is 5.72. The van der Waals surface area contributed by atoms with Crippen molar-refractivity contribution < 1.29 is 14.3 Å². The van der Waals surface area contributed by atoms with Crippen molar-refractivity contribution in [3.8, 4) is 23.3 Å². The van der Waals surface area contributed by atoms with Crippen molar-refractivity contribution >= 4 is 5.97 Å². The van der Waals surface area contributed by atoms with Crippen molar-refractivity contribution in [3.63, 3.8) is 0 Å². The van der Waals surface area contributed by atoms with Crippen LogP contribution in [0.1, 0.15) is 83.2 Å². The van der Waals surface area contributed by atoms with Crippen molar-refractivity contribution in [1.82, 2.24) is 4.98 Å². The SMILES string of the molecule is CCCC(=O)Oc1ccc(C#Cc2cc3c(cc2CC)OC(C)(C)CC3(C)C)nc1. The van der Waals surface area contributed by atoms with Crippen LogP contribution < -0.4 is 9.47 Å². The van der Waals surface area contributed by atoms with Crippen LogP contribution in [0.5, 0.6) is 11.5 Å². The third-order valence-electron chi connectivity index (χ3n) is 5.32. The number of rotatable bonds is 4. The first kappa shape index (κ1) is 21.9. The normalized spacial score (nSPS) is 15.9. The van der Waals surface area contributed by atoms with Gasteiger partial charge in [0.15, 0.2) is 0 Å². The highest BCUT2D eigenvalue weighted by atomic mass is 16.5. The number of aromatic nitrogens is 1. The van der Waals surface area contributed by atoms with Gasteiger partial charge in [0.05, 0.1) is 6.20 Å². The van der Waals surface area contributed by atoms with Gasteiger partial charge in [0, 0.05) is 17.5 Å². The van der Waals surface area contributed by atoms with Crippen LogP contribution in [0.15, 0.2) is 30.5 Å². The summed E-state index contributed by atoms with van der Waals surface area (Å²) in [5.41, 5.74) is 3.85. The third kappa shape index (κ3) is 5.02. The zero-order valence-electron chi connectivity index (χ0n) is 18.9. The number of pyridine rings is 1. The Balaban J connectivity index is 1.88. The molecule has 0 saturated heterocycles. The number of hydrogen-bond acceptors (Lipinski definition) is 4. The lowest BCUT2D eigenvalue weighted by atomic mass is 9.73. The molecule has 0 fully saturated rings. The van der Waals surface area contributed by atoms with Gasteiger partial charge in [-0.3, -0.25) is 4.79 Å². The van der Waals surface area contributed by atoms with Gasteiger partial charge in [0.1, 0.15) is 22.8 Å². The summed E-state index contributed by atoms with van der Waals surface area (Å²) in [5, 5.41) is 0. The average Bonchev–Trinajstić information content (AvgIpc) is 2.65. The minimum absolute atomic E-state index is 0.0159. The van der Waals surface area contributed by atoms with Gasteiger partial charge in [-0.2, -0.15) is 0 Å². The highest BCUT2D eigenvalue weighted by Crippen LogP contribution is 2.45. The highest BCUT2D eigenvalue weighted by Gasteiger charge is 2.39. The smallest absolute Gasteiger partial charge is 0.311 e. The Labute approximate surface area is 180 Å². The molecule has 1 aromatic carbocycles. The van der Waals surface area contributed by atoms with E-state index in [1.54, 1.807) is 18.3 Å². The summed E-state index contributed by atoms with van der Waals surface area (Å²) in [7, 11) is 0. The van der Waals surface area contributed by atoms with E-state index in [-0.39, 0.29) is 17.0 Å². The van der Waals surface area contributed by atoms with Crippen LogP contribution in [0.3, 0.4) is 0 Å². The Morgan fingerprint density at radius 1 is 1.17 bits per heavy atom. The molecule has 1 aromatic heterocycles. The fraction of sp³-hybridized carbons (Fsp3) is 0.462. The number of carbonyl (C=O) groups excluding carboxylic acids is 1. The van der Waals surface area contributed by atoms with Gasteiger partial charge in [-0.1, -0.05) is 33.6 Å². The second-order valence-corrected chi connectivity index (χ2v) is 9.13. The number of nitrogens with zero attached hydrogens (tertiary/aromatic N) is 1. The van der Waals surface area contributed by atoms with Crippen LogP contribution >= 0.6 is 0 Å². The second kappa shape index (κ2) is 8.52. The average molecular weight is 406 g/mol. The first-order chi connectivity index (χ1) is 14.1. The number of benzene rings is 1. The monoisotopic (exact) mass is 405 g/mol. The van der Waals surface area contributed by atoms with Crippen molar-refractivity contribution in [1.29, 1.82) is 0 Å². The standard InChI is InChI=1S/C26H31NO3/c1-7-9-24(28)29-21-13-12-20(27-16-21)11-10-19-14-22-23(15-18(19)8-2)30-26(5,6)17-25(22,3)4/h12-16H,7-9,17H2,1-6H3. The van der Waals surface area contributed by atoms with Crippen LogP contribution in [-0.2, 0) is 16.6 Å². The number of aryl methyl sites for hydroxylation is 1. The predicted molar refractivity (Wildman–Crippen MR) is 119 cm³/mol. The summed E-state index contributed by atoms with van der Waals surface area (Å²) in [6.45, 7) is 12.9. The van der Waals surface area contributed by atoms with Crippen LogP contribution in [0.4, 0.5) is 0 Å². The van der Waals surface area contributed by atoms with Gasteiger partial charge in [-0.15, -0.1) is 0 Å². The fourth-order valence-corrected chi connectivity index (χ4v) is 4.17. The van der Waals surface area contributed by atoms with Crippen molar-refractivity contribution in [2.24, 2.45) is 0 Å². The van der Waals surface area contributed by atoms with E-state index in [1.165, 1.54) is 11.1 Å². The molecule has 4 nitrogen and oxygen atoms in total. The quantitative estimate of drug-likeness (QED) is 0.492. The molecule has 4 heteroatoms. The van der Waals surface area contributed by atoms with Gasteiger partial charge < -0.3 is 9.47 Å². The maximum atomic E-state index is 11.6. The van der Waals surface area contributed by atoms with Gasteiger partial charge in [-0.25, -0.2) is 4.98 Å². The number of carbonyl (C=O) groups is 1. The van der Waals surface area contributed by atoms with Crippen LogP contribution in [-0.4, -0.2) is 16.6 Å². The molecular formula is C26H31NO3. The molecule has 30 heavy (non-hydrogen) atoms. The van der Waals surface area contributed by atoms with E-state index in [0.717, 1.165) is 30.6 Å². The van der Waals surface area contributed by atoms with E-state index in [1.807, 2.05) is 6.92 Å². The van der Waals surface area contributed by atoms with E-state index in [4.69, 9.17) is 9.47 Å². The molecule has 2 aromatic rings. The van der Waals surface area contributed by atoms with E-state index in [2.05, 4.69) is 63.6 Å². The van der Waals surface area contributed by atoms with Crippen LogP contribution in [0, 0.1) is 11.8 Å². The zero-order chi connectivity index (χ0) is 21.9. The molecule has 0 saturated carbocycles. The number of hydrogen-bond donors (Lipinski definition) is 0. The molecule has 0 radical (unpaired) electrons. The molecule has 0 amide bonds. The van der Waals surface area contributed by atoms with Crippen LogP contribution in [0.25, 0.3) is 0 Å². The maximum Gasteiger partial charge on any atom is 0.311 e. The topological polar surface area (TPSA) is 48.4 Å². The molecule has 1 aliphatic rings. The summed E-state index contributed by atoms with van der Waals surface area (Å²) >= 11 is 0. The van der Waals surface area contributed by atoms with E-state index in [0.29, 0.717) is 17.9 Å². The molecule has 2 heterocycles. The largest absolute Gasteiger partial charge is 0.488 e. The summed E-state index contributed by atoms with van der Waals surface area (Å²) in [5.74, 6) is 7.62. The minimum atomic E-state index is -0.243. The summed E-state index contributed by atoms with van der Waals surface area (Å²) in [4.78, 5) is 15.9. The Morgan fingerprint density at radius 3 is 2.57 bits per heavy atom. The molecule has 0 spiro atoms. The van der Waals surface area contributed by atoms with Gasteiger partial charge >= 0.3 is 5.97 Å². The zero-order valence-corrected chi connectivity index (χ0v) is 18.9. The third-order valence-corrected chi connectivity index (χ3v) is 5.32. The lowest BCUT2D eigenvalue weighted by molar-refractivity contribution is -0.134. The van der Waals surface area contributed by atoms with E-state index < -0.39 is 0 Å². The predicted octanol–water partition coefficient (Wildman–Crippen LogP) is 5.59. The number of esters is 1. The molecule has 0 unspecified atom stereocenters. The summed E-state index contributed by atoms with van der Waals surface area (Å²) < 4.78 is 11.5. The molecule has 0 atom stereocenters. The Bertz CT molecular complexity index is 991. The van der Waals surface area contributed by atoms with Crippen molar-refractivity contribution in [2.45, 2.75) is 78.2 Å². The Morgan fingerprint density at radius 2 is 1.93 bits per heavy atom. The summed E-state index contributed by atoms with van der Waals surface area (Å²) in [6.07, 6.45) is 4.53. The van der Waals surface area contributed by atoms with Crippen LogP contribution in [0.2, 0.25) is 0 Å². The maximum absolute atomic E-state index is 11.6. The molecule has 158 valence electrons. The van der Waals surface area contributed by atoms with E-state index in [9.17, 15) is 4.79 Å². The molecular weight excluding hydrogens is 374 g/mol.